The Morgan fingerprint density at radius 1 is 1.08 bits per heavy atom. The van der Waals surface area contributed by atoms with Gasteiger partial charge in [-0.3, -0.25) is 14.5 Å². The summed E-state index contributed by atoms with van der Waals surface area (Å²) < 4.78 is 22.7. The average molecular weight is 490 g/mol. The zero-order chi connectivity index (χ0) is 25.4. The number of nitrogens with zero attached hydrogens (tertiary/aromatic N) is 1. The quantitative estimate of drug-likeness (QED) is 0.295. The molecule has 0 aliphatic carbocycles. The lowest BCUT2D eigenvalue weighted by Crippen LogP contribution is -2.29. The molecule has 1 aromatic heterocycles. The van der Waals surface area contributed by atoms with Gasteiger partial charge in [0.25, 0.3) is 11.7 Å². The fraction of sp³-hybridized carbons (Fsp3) is 0.286. The maximum atomic E-state index is 13.3. The second kappa shape index (κ2) is 9.45. The Morgan fingerprint density at radius 3 is 2.56 bits per heavy atom. The van der Waals surface area contributed by atoms with Gasteiger partial charge in [-0.1, -0.05) is 13.8 Å². The third kappa shape index (κ3) is 4.19. The van der Waals surface area contributed by atoms with Crippen LogP contribution in [0.3, 0.4) is 0 Å². The topological polar surface area (TPSA) is 98.4 Å². The van der Waals surface area contributed by atoms with Gasteiger partial charge in [0.15, 0.2) is 11.5 Å². The van der Waals surface area contributed by atoms with E-state index in [0.717, 1.165) is 5.56 Å². The van der Waals surface area contributed by atoms with Gasteiger partial charge in [0.2, 0.25) is 0 Å². The van der Waals surface area contributed by atoms with Crippen molar-refractivity contribution >= 4 is 23.1 Å². The molecule has 1 N–H and O–H groups in total. The van der Waals surface area contributed by atoms with E-state index in [1.54, 1.807) is 48.5 Å². The number of Topliss-reactive ketones (excluding diaryl/α,β-unsaturated/α-hetero) is 1. The van der Waals surface area contributed by atoms with Crippen molar-refractivity contribution in [1.82, 2.24) is 0 Å². The van der Waals surface area contributed by atoms with E-state index in [2.05, 4.69) is 13.8 Å². The normalized spacial score (nSPS) is 18.7. The van der Waals surface area contributed by atoms with Gasteiger partial charge < -0.3 is 23.7 Å². The average Bonchev–Trinajstić information content (AvgIpc) is 3.49. The summed E-state index contributed by atoms with van der Waals surface area (Å²) in [6.07, 6.45) is 1.46. The van der Waals surface area contributed by atoms with Crippen LogP contribution < -0.4 is 19.1 Å². The number of fused-ring (bicyclic) bond motifs is 1. The molecule has 5 rings (SSSR count). The molecule has 0 radical (unpaired) electrons. The molecule has 3 aromatic rings. The second-order valence-corrected chi connectivity index (χ2v) is 9.20. The van der Waals surface area contributed by atoms with Gasteiger partial charge in [-0.2, -0.15) is 0 Å². The first kappa shape index (κ1) is 23.5. The SMILES string of the molecule is Cc1cc(/C(O)=C2/C(=O)C(=O)N(c3ccc4c(c3)OCCO4)C2c2ccco2)ccc1OCC(C)C. The standard InChI is InChI=1S/C28H27NO7/c1-16(2)15-36-20-8-6-18(13-17(20)3)26(30)24-25(22-5-4-10-33-22)29(28(32)27(24)31)19-7-9-21-23(14-19)35-12-11-34-21/h4-10,13-14,16,25,30H,11-12,15H2,1-3H3/b26-24-. The van der Waals surface area contributed by atoms with Crippen LogP contribution in [0.2, 0.25) is 0 Å². The Bertz CT molecular complexity index is 1340. The summed E-state index contributed by atoms with van der Waals surface area (Å²) in [5.74, 6) is 0.581. The number of hydrogen-bond donors (Lipinski definition) is 1. The number of ketones is 1. The van der Waals surface area contributed by atoms with Gasteiger partial charge in [0.1, 0.15) is 36.5 Å². The monoisotopic (exact) mass is 489 g/mol. The Labute approximate surface area is 208 Å². The fourth-order valence-electron chi connectivity index (χ4n) is 4.37. The lowest BCUT2D eigenvalue weighted by atomic mass is 9.98. The Hall–Kier alpha value is -4.20. The molecular weight excluding hydrogens is 462 g/mol. The number of ether oxygens (including phenoxy) is 3. The molecule has 0 spiro atoms. The van der Waals surface area contributed by atoms with Crippen LogP contribution in [-0.4, -0.2) is 36.6 Å². The van der Waals surface area contributed by atoms with E-state index in [9.17, 15) is 14.7 Å². The van der Waals surface area contributed by atoms with Crippen LogP contribution in [0.5, 0.6) is 17.2 Å². The molecule has 1 amide bonds. The third-order valence-electron chi connectivity index (χ3n) is 6.08. The van der Waals surface area contributed by atoms with Gasteiger partial charge in [-0.05, 0) is 60.9 Å². The summed E-state index contributed by atoms with van der Waals surface area (Å²) in [5, 5.41) is 11.3. The molecule has 8 nitrogen and oxygen atoms in total. The molecule has 0 saturated carbocycles. The Morgan fingerprint density at radius 2 is 1.86 bits per heavy atom. The van der Waals surface area contributed by atoms with Gasteiger partial charge in [0, 0.05) is 17.3 Å². The van der Waals surface area contributed by atoms with Crippen LogP contribution in [0.4, 0.5) is 5.69 Å². The molecule has 36 heavy (non-hydrogen) atoms. The highest BCUT2D eigenvalue weighted by atomic mass is 16.6. The molecule has 1 fully saturated rings. The first-order chi connectivity index (χ1) is 17.3. The molecule has 1 unspecified atom stereocenters. The number of aliphatic hydroxyl groups is 1. The van der Waals surface area contributed by atoms with Crippen LogP contribution in [0.15, 0.2) is 64.8 Å². The van der Waals surface area contributed by atoms with Gasteiger partial charge in [-0.25, -0.2) is 0 Å². The lowest BCUT2D eigenvalue weighted by Gasteiger charge is -2.25. The number of furan rings is 1. The molecule has 2 aliphatic rings. The zero-order valence-corrected chi connectivity index (χ0v) is 20.3. The molecule has 1 saturated heterocycles. The molecule has 3 heterocycles. The van der Waals surface area contributed by atoms with E-state index in [1.165, 1.54) is 11.2 Å². The van der Waals surface area contributed by atoms with E-state index in [1.807, 2.05) is 6.92 Å². The van der Waals surface area contributed by atoms with E-state index >= 15 is 0 Å². The minimum atomic E-state index is -0.959. The van der Waals surface area contributed by atoms with Crippen molar-refractivity contribution in [3.8, 4) is 17.2 Å². The number of rotatable bonds is 6. The number of hydrogen-bond acceptors (Lipinski definition) is 7. The lowest BCUT2D eigenvalue weighted by molar-refractivity contribution is -0.132. The summed E-state index contributed by atoms with van der Waals surface area (Å²) in [6, 6.07) is 12.6. The smallest absolute Gasteiger partial charge is 0.300 e. The van der Waals surface area contributed by atoms with Crippen molar-refractivity contribution in [3.05, 3.63) is 77.3 Å². The van der Waals surface area contributed by atoms with Gasteiger partial charge in [-0.15, -0.1) is 0 Å². The maximum absolute atomic E-state index is 13.3. The number of anilines is 1. The Balaban J connectivity index is 1.58. The molecule has 186 valence electrons. The summed E-state index contributed by atoms with van der Waals surface area (Å²) in [6.45, 7) is 7.36. The van der Waals surface area contributed by atoms with E-state index in [-0.39, 0.29) is 11.3 Å². The highest BCUT2D eigenvalue weighted by Gasteiger charge is 2.48. The minimum absolute atomic E-state index is 0.0555. The highest BCUT2D eigenvalue weighted by Crippen LogP contribution is 2.44. The predicted molar refractivity (Wildman–Crippen MR) is 132 cm³/mol. The Kier molecular flexibility index (Phi) is 6.18. The fourth-order valence-corrected chi connectivity index (χ4v) is 4.37. The van der Waals surface area contributed by atoms with Crippen LogP contribution >= 0.6 is 0 Å². The summed E-state index contributed by atoms with van der Waals surface area (Å²) in [4.78, 5) is 27.9. The van der Waals surface area contributed by atoms with E-state index in [4.69, 9.17) is 18.6 Å². The number of benzene rings is 2. The number of amides is 1. The third-order valence-corrected chi connectivity index (χ3v) is 6.08. The first-order valence-electron chi connectivity index (χ1n) is 11.8. The zero-order valence-electron chi connectivity index (χ0n) is 20.3. The molecule has 2 aliphatic heterocycles. The largest absolute Gasteiger partial charge is 0.507 e. The molecule has 2 aromatic carbocycles. The summed E-state index contributed by atoms with van der Waals surface area (Å²) >= 11 is 0. The molecule has 0 bridgehead atoms. The summed E-state index contributed by atoms with van der Waals surface area (Å²) in [7, 11) is 0. The van der Waals surface area contributed by atoms with Crippen molar-refractivity contribution in [1.29, 1.82) is 0 Å². The van der Waals surface area contributed by atoms with Crippen molar-refractivity contribution in [2.75, 3.05) is 24.7 Å². The second-order valence-electron chi connectivity index (χ2n) is 9.20. The molecule has 8 heteroatoms. The van der Waals surface area contributed by atoms with Crippen molar-refractivity contribution in [2.45, 2.75) is 26.8 Å². The molecular formula is C28H27NO7. The molecule has 1 atom stereocenters. The first-order valence-corrected chi connectivity index (χ1v) is 11.8. The highest BCUT2D eigenvalue weighted by molar-refractivity contribution is 6.51. The number of carbonyl (C=O) groups is 2. The predicted octanol–water partition coefficient (Wildman–Crippen LogP) is 5.02. The van der Waals surface area contributed by atoms with Crippen LogP contribution in [0.1, 0.15) is 36.8 Å². The van der Waals surface area contributed by atoms with Crippen LogP contribution in [0, 0.1) is 12.8 Å². The number of aliphatic hydroxyl groups excluding tert-OH is 1. The van der Waals surface area contributed by atoms with Crippen LogP contribution in [0.25, 0.3) is 5.76 Å². The van der Waals surface area contributed by atoms with Crippen LogP contribution in [-0.2, 0) is 9.59 Å². The van der Waals surface area contributed by atoms with E-state index < -0.39 is 17.7 Å². The van der Waals surface area contributed by atoms with E-state index in [0.29, 0.717) is 60.0 Å². The van der Waals surface area contributed by atoms with Crippen molar-refractivity contribution in [3.63, 3.8) is 0 Å². The minimum Gasteiger partial charge on any atom is -0.507 e. The van der Waals surface area contributed by atoms with Crippen molar-refractivity contribution < 1.29 is 33.3 Å². The number of carbonyl (C=O) groups excluding carboxylic acids is 2. The van der Waals surface area contributed by atoms with Gasteiger partial charge in [0.05, 0.1) is 18.4 Å². The van der Waals surface area contributed by atoms with Gasteiger partial charge >= 0.3 is 0 Å². The maximum Gasteiger partial charge on any atom is 0.300 e. The summed E-state index contributed by atoms with van der Waals surface area (Å²) in [5.41, 5.74) is 1.58. The number of aryl methyl sites for hydroxylation is 1. The van der Waals surface area contributed by atoms with Crippen molar-refractivity contribution in [2.24, 2.45) is 5.92 Å².